The van der Waals surface area contributed by atoms with E-state index in [0.29, 0.717) is 29.1 Å². The van der Waals surface area contributed by atoms with E-state index in [-0.39, 0.29) is 28.8 Å². The van der Waals surface area contributed by atoms with E-state index in [0.717, 1.165) is 5.56 Å². The van der Waals surface area contributed by atoms with Gasteiger partial charge in [0.25, 0.3) is 5.91 Å². The first-order valence-electron chi connectivity index (χ1n) is 13.8. The number of halogens is 1. The van der Waals surface area contributed by atoms with Gasteiger partial charge in [-0.15, -0.1) is 0 Å². The van der Waals surface area contributed by atoms with Crippen LogP contribution in [0, 0.1) is 0 Å². The minimum absolute atomic E-state index is 0.0214. The van der Waals surface area contributed by atoms with Crippen molar-refractivity contribution in [2.75, 3.05) is 19.6 Å². The third kappa shape index (κ3) is 9.83. The van der Waals surface area contributed by atoms with E-state index in [9.17, 15) is 22.8 Å². The Hall–Kier alpha value is -3.89. The van der Waals surface area contributed by atoms with E-state index in [2.05, 4.69) is 5.32 Å². The number of nitrogens with zero attached hydrogens (tertiary/aromatic N) is 1. The normalized spacial score (nSPS) is 12.2. The Bertz CT molecular complexity index is 1530. The Labute approximate surface area is 258 Å². The topological polar surface area (TPSA) is 119 Å². The van der Waals surface area contributed by atoms with Crippen LogP contribution in [0.25, 0.3) is 0 Å². The van der Waals surface area contributed by atoms with Gasteiger partial charge >= 0.3 is 12.1 Å². The predicted octanol–water partition coefficient (Wildman–Crippen LogP) is 6.01. The standard InChI is InChI=1S/C32H37ClN2O7S/c1-6-34-30(37)24-12-16-28(17-13-24)43(39,40)27-14-10-23(11-15-27)18-19-35(31(38)42-32(3,4)5)21-29(41-22(2)36)25-8-7-9-26(33)20-25/h7-17,20,29H,6,18-19,21H2,1-5H3,(H,34,37)/t29-/m1/s1. The maximum absolute atomic E-state index is 13.2. The Morgan fingerprint density at radius 2 is 1.56 bits per heavy atom. The van der Waals surface area contributed by atoms with Gasteiger partial charge in [0.05, 0.1) is 16.3 Å². The van der Waals surface area contributed by atoms with E-state index in [4.69, 9.17) is 21.1 Å². The Kier molecular flexibility index (Phi) is 11.4. The lowest BCUT2D eigenvalue weighted by Crippen LogP contribution is -2.41. The van der Waals surface area contributed by atoms with Gasteiger partial charge in [0, 0.05) is 30.6 Å². The first-order valence-corrected chi connectivity index (χ1v) is 15.7. The quantitative estimate of drug-likeness (QED) is 0.258. The molecule has 2 amide bonds. The van der Waals surface area contributed by atoms with Gasteiger partial charge in [-0.25, -0.2) is 13.2 Å². The average molecular weight is 629 g/mol. The molecule has 11 heteroatoms. The van der Waals surface area contributed by atoms with Gasteiger partial charge in [0.15, 0.2) is 0 Å². The first-order chi connectivity index (χ1) is 20.2. The number of amides is 2. The summed E-state index contributed by atoms with van der Waals surface area (Å²) in [6.45, 7) is 9.07. The molecule has 43 heavy (non-hydrogen) atoms. The number of carbonyl (C=O) groups excluding carboxylic acids is 3. The average Bonchev–Trinajstić information content (AvgIpc) is 2.94. The molecule has 9 nitrogen and oxygen atoms in total. The van der Waals surface area contributed by atoms with Gasteiger partial charge in [-0.05, 0) is 93.8 Å². The third-order valence-corrected chi connectivity index (χ3v) is 8.26. The molecule has 0 fully saturated rings. The summed E-state index contributed by atoms with van der Waals surface area (Å²) in [7, 11) is -3.81. The Balaban J connectivity index is 1.78. The highest BCUT2D eigenvalue weighted by molar-refractivity contribution is 7.91. The molecule has 1 atom stereocenters. The molecule has 3 aromatic carbocycles. The van der Waals surface area contributed by atoms with Crippen molar-refractivity contribution < 1.29 is 32.3 Å². The zero-order valence-corrected chi connectivity index (χ0v) is 26.5. The molecule has 0 radical (unpaired) electrons. The van der Waals surface area contributed by atoms with Gasteiger partial charge in [0.2, 0.25) is 9.84 Å². The number of rotatable bonds is 11. The molecule has 1 N–H and O–H groups in total. The number of nitrogens with one attached hydrogen (secondary N) is 1. The lowest BCUT2D eigenvalue weighted by Gasteiger charge is -2.30. The summed E-state index contributed by atoms with van der Waals surface area (Å²) < 4.78 is 37.5. The molecular weight excluding hydrogens is 592 g/mol. The zero-order chi connectivity index (χ0) is 31.8. The Morgan fingerprint density at radius 1 is 0.953 bits per heavy atom. The van der Waals surface area contributed by atoms with E-state index >= 15 is 0 Å². The van der Waals surface area contributed by atoms with E-state index in [1.165, 1.54) is 48.2 Å². The third-order valence-electron chi connectivity index (χ3n) is 6.23. The van der Waals surface area contributed by atoms with Gasteiger partial charge in [0.1, 0.15) is 11.7 Å². The van der Waals surface area contributed by atoms with Crippen LogP contribution in [-0.4, -0.2) is 56.5 Å². The smallest absolute Gasteiger partial charge is 0.410 e. The molecule has 0 aromatic heterocycles. The van der Waals surface area contributed by atoms with Crippen LogP contribution in [0.15, 0.2) is 82.6 Å². The highest BCUT2D eigenvalue weighted by Gasteiger charge is 2.27. The van der Waals surface area contributed by atoms with Crippen LogP contribution >= 0.6 is 11.6 Å². The van der Waals surface area contributed by atoms with Crippen LogP contribution in [0.2, 0.25) is 5.02 Å². The highest BCUT2D eigenvalue weighted by atomic mass is 35.5. The van der Waals surface area contributed by atoms with Crippen molar-refractivity contribution in [2.45, 2.75) is 62.5 Å². The minimum Gasteiger partial charge on any atom is -0.456 e. The zero-order valence-electron chi connectivity index (χ0n) is 24.9. The molecule has 3 aromatic rings. The largest absolute Gasteiger partial charge is 0.456 e. The lowest BCUT2D eigenvalue weighted by atomic mass is 10.1. The molecule has 0 aliphatic heterocycles. The van der Waals surface area contributed by atoms with Gasteiger partial charge in [-0.2, -0.15) is 0 Å². The minimum atomic E-state index is -3.81. The predicted molar refractivity (Wildman–Crippen MR) is 164 cm³/mol. The summed E-state index contributed by atoms with van der Waals surface area (Å²) in [4.78, 5) is 38.7. The number of carbonyl (C=O) groups is 3. The summed E-state index contributed by atoms with van der Waals surface area (Å²) in [5, 5.41) is 3.14. The Morgan fingerprint density at radius 3 is 2.09 bits per heavy atom. The fraction of sp³-hybridized carbons (Fsp3) is 0.344. The van der Waals surface area contributed by atoms with Crippen molar-refractivity contribution >= 4 is 39.4 Å². The molecule has 3 rings (SSSR count). The molecule has 0 saturated heterocycles. The molecule has 0 saturated carbocycles. The fourth-order valence-corrected chi connectivity index (χ4v) is 5.64. The summed E-state index contributed by atoms with van der Waals surface area (Å²) in [6, 6.07) is 19.0. The van der Waals surface area contributed by atoms with Crippen LogP contribution < -0.4 is 5.32 Å². The van der Waals surface area contributed by atoms with Crippen molar-refractivity contribution in [3.63, 3.8) is 0 Å². The summed E-state index contributed by atoms with van der Waals surface area (Å²) >= 11 is 6.16. The molecular formula is C32H37ClN2O7S. The second-order valence-electron chi connectivity index (χ2n) is 10.9. The summed E-state index contributed by atoms with van der Waals surface area (Å²) in [6.07, 6.45) is -0.985. The van der Waals surface area contributed by atoms with Crippen LogP contribution in [0.5, 0.6) is 0 Å². The van der Waals surface area contributed by atoms with E-state index in [1.54, 1.807) is 64.1 Å². The maximum atomic E-state index is 13.2. The number of hydrogen-bond acceptors (Lipinski definition) is 7. The monoisotopic (exact) mass is 628 g/mol. The van der Waals surface area contributed by atoms with Gasteiger partial charge in [-0.1, -0.05) is 35.9 Å². The van der Waals surface area contributed by atoms with Crippen molar-refractivity contribution in [1.82, 2.24) is 10.2 Å². The van der Waals surface area contributed by atoms with Crippen molar-refractivity contribution in [3.05, 3.63) is 94.5 Å². The first kappa shape index (κ1) is 33.6. The van der Waals surface area contributed by atoms with Crippen molar-refractivity contribution in [2.24, 2.45) is 0 Å². The molecule has 0 bridgehead atoms. The SMILES string of the molecule is CCNC(=O)c1ccc(S(=O)(=O)c2ccc(CCN(C[C@@H](OC(C)=O)c3cccc(Cl)c3)C(=O)OC(C)(C)C)cc2)cc1. The fourth-order valence-electron chi connectivity index (χ4n) is 4.19. The van der Waals surface area contributed by atoms with E-state index < -0.39 is 33.6 Å². The van der Waals surface area contributed by atoms with E-state index in [1.807, 2.05) is 0 Å². The number of benzene rings is 3. The maximum Gasteiger partial charge on any atom is 0.410 e. The highest BCUT2D eigenvalue weighted by Crippen LogP contribution is 2.25. The second-order valence-corrected chi connectivity index (χ2v) is 13.2. The van der Waals surface area contributed by atoms with Gasteiger partial charge < -0.3 is 19.7 Å². The van der Waals surface area contributed by atoms with Crippen molar-refractivity contribution in [1.29, 1.82) is 0 Å². The van der Waals surface area contributed by atoms with Crippen LogP contribution in [0.3, 0.4) is 0 Å². The summed E-state index contributed by atoms with van der Waals surface area (Å²) in [5.74, 6) is -0.784. The molecule has 0 spiro atoms. The van der Waals surface area contributed by atoms with Crippen LogP contribution in [0.1, 0.15) is 62.2 Å². The van der Waals surface area contributed by atoms with Crippen LogP contribution in [0.4, 0.5) is 4.79 Å². The van der Waals surface area contributed by atoms with Gasteiger partial charge in [-0.3, -0.25) is 9.59 Å². The molecule has 0 aliphatic carbocycles. The number of esters is 1. The van der Waals surface area contributed by atoms with Crippen molar-refractivity contribution in [3.8, 4) is 0 Å². The number of ether oxygens (including phenoxy) is 2. The second kappa shape index (κ2) is 14.5. The molecule has 0 unspecified atom stereocenters. The summed E-state index contributed by atoms with van der Waals surface area (Å²) in [5.41, 5.74) is 1.03. The molecule has 230 valence electrons. The molecule has 0 heterocycles. The lowest BCUT2D eigenvalue weighted by molar-refractivity contribution is -0.147. The number of hydrogen-bond donors (Lipinski definition) is 1. The molecule has 0 aliphatic rings. The number of sulfone groups is 1. The van der Waals surface area contributed by atoms with Crippen LogP contribution in [-0.2, 0) is 30.5 Å².